The lowest BCUT2D eigenvalue weighted by Crippen LogP contribution is -2.50. The van der Waals surface area contributed by atoms with Gasteiger partial charge in [-0.3, -0.25) is 4.79 Å². The van der Waals surface area contributed by atoms with Crippen LogP contribution < -0.4 is 0 Å². The summed E-state index contributed by atoms with van der Waals surface area (Å²) in [6.45, 7) is 1.24. The summed E-state index contributed by atoms with van der Waals surface area (Å²) in [5.74, 6) is 1.16. The maximum absolute atomic E-state index is 12.6. The number of thioether (sulfide) groups is 1. The molecule has 1 aliphatic carbocycles. The number of rotatable bonds is 6. The Bertz CT molecular complexity index is 933. The zero-order chi connectivity index (χ0) is 19.0. The van der Waals surface area contributed by atoms with Gasteiger partial charge in [0, 0.05) is 32.1 Å². The maximum Gasteiger partial charge on any atom is 0.277 e. The molecule has 27 heavy (non-hydrogen) atoms. The molecule has 0 spiro atoms. The Morgan fingerprint density at radius 1 is 1.26 bits per heavy atom. The van der Waals surface area contributed by atoms with Gasteiger partial charge < -0.3 is 9.32 Å². The minimum Gasteiger partial charge on any atom is -0.416 e. The van der Waals surface area contributed by atoms with Crippen LogP contribution in [0.2, 0.25) is 4.34 Å². The number of nitrogens with zero attached hydrogens (tertiary/aromatic N) is 4. The third kappa shape index (κ3) is 4.32. The van der Waals surface area contributed by atoms with Crippen molar-refractivity contribution in [3.05, 3.63) is 22.4 Å². The zero-order valence-electron chi connectivity index (χ0n) is 14.2. The van der Waals surface area contributed by atoms with Gasteiger partial charge in [-0.25, -0.2) is 8.42 Å². The third-order valence-electron chi connectivity index (χ3n) is 4.40. The van der Waals surface area contributed by atoms with E-state index in [1.165, 1.54) is 22.1 Å². The molecule has 1 saturated heterocycles. The molecule has 8 nitrogen and oxygen atoms in total. The van der Waals surface area contributed by atoms with Crippen molar-refractivity contribution in [1.29, 1.82) is 0 Å². The van der Waals surface area contributed by atoms with Gasteiger partial charge in [-0.2, -0.15) is 4.31 Å². The van der Waals surface area contributed by atoms with Crippen LogP contribution in [-0.4, -0.2) is 65.7 Å². The van der Waals surface area contributed by atoms with Crippen LogP contribution in [-0.2, 0) is 14.8 Å². The van der Waals surface area contributed by atoms with Crippen LogP contribution in [0.3, 0.4) is 0 Å². The Morgan fingerprint density at radius 3 is 2.63 bits per heavy atom. The number of halogens is 1. The summed E-state index contributed by atoms with van der Waals surface area (Å²) >= 11 is 8.10. The number of aromatic nitrogens is 2. The van der Waals surface area contributed by atoms with Crippen LogP contribution in [0.25, 0.3) is 0 Å². The molecular formula is C15H17ClN4O4S3. The fourth-order valence-corrected chi connectivity index (χ4v) is 6.46. The van der Waals surface area contributed by atoms with Gasteiger partial charge in [0.05, 0.1) is 10.1 Å². The van der Waals surface area contributed by atoms with E-state index < -0.39 is 10.0 Å². The third-order valence-corrected chi connectivity index (χ3v) is 8.80. The van der Waals surface area contributed by atoms with Crippen molar-refractivity contribution in [3.63, 3.8) is 0 Å². The molecule has 0 aromatic carbocycles. The van der Waals surface area contributed by atoms with Gasteiger partial charge in [0.2, 0.25) is 11.8 Å². The average Bonchev–Trinajstić information content (AvgIpc) is 3.24. The lowest BCUT2D eigenvalue weighted by atomic mass is 10.3. The van der Waals surface area contributed by atoms with Crippen LogP contribution in [0, 0.1) is 0 Å². The van der Waals surface area contributed by atoms with Crippen molar-refractivity contribution in [1.82, 2.24) is 19.4 Å². The zero-order valence-corrected chi connectivity index (χ0v) is 17.4. The fraction of sp³-hybridized carbons (Fsp3) is 0.533. The molecule has 2 fully saturated rings. The normalized spacial score (nSPS) is 18.8. The highest BCUT2D eigenvalue weighted by Gasteiger charge is 2.32. The van der Waals surface area contributed by atoms with Crippen LogP contribution in [0.4, 0.5) is 0 Å². The van der Waals surface area contributed by atoms with E-state index in [-0.39, 0.29) is 29.0 Å². The number of sulfonamides is 1. The number of piperazine rings is 1. The molecule has 3 heterocycles. The van der Waals surface area contributed by atoms with Gasteiger partial charge in [0.25, 0.3) is 15.2 Å². The van der Waals surface area contributed by atoms with Crippen LogP contribution >= 0.6 is 34.7 Å². The first-order valence-corrected chi connectivity index (χ1v) is 12.0. The molecule has 0 atom stereocenters. The largest absolute Gasteiger partial charge is 0.416 e. The summed E-state index contributed by atoms with van der Waals surface area (Å²) < 4.78 is 32.8. The van der Waals surface area contributed by atoms with E-state index in [0.29, 0.717) is 34.5 Å². The predicted molar refractivity (Wildman–Crippen MR) is 102 cm³/mol. The van der Waals surface area contributed by atoms with E-state index in [2.05, 4.69) is 10.2 Å². The summed E-state index contributed by atoms with van der Waals surface area (Å²) in [6, 6.07) is 3.08. The van der Waals surface area contributed by atoms with Crippen LogP contribution in [0.5, 0.6) is 0 Å². The molecule has 0 radical (unpaired) electrons. The average molecular weight is 449 g/mol. The molecule has 4 rings (SSSR count). The molecule has 2 aromatic heterocycles. The molecule has 0 N–H and O–H groups in total. The van der Waals surface area contributed by atoms with Crippen LogP contribution in [0.15, 0.2) is 26.0 Å². The quantitative estimate of drug-likeness (QED) is 0.625. The van der Waals surface area contributed by atoms with Crippen molar-refractivity contribution in [3.8, 4) is 0 Å². The highest BCUT2D eigenvalue weighted by Crippen LogP contribution is 2.39. The van der Waals surface area contributed by atoms with Crippen LogP contribution in [0.1, 0.15) is 24.7 Å². The number of thiophene rings is 1. The fourth-order valence-electron chi connectivity index (χ4n) is 2.73. The molecule has 0 unspecified atom stereocenters. The van der Waals surface area contributed by atoms with E-state index in [0.717, 1.165) is 24.2 Å². The lowest BCUT2D eigenvalue weighted by Gasteiger charge is -2.33. The maximum atomic E-state index is 12.6. The summed E-state index contributed by atoms with van der Waals surface area (Å²) in [7, 11) is -3.55. The number of amides is 1. The first-order valence-electron chi connectivity index (χ1n) is 8.43. The van der Waals surface area contributed by atoms with Gasteiger partial charge >= 0.3 is 0 Å². The Balaban J connectivity index is 1.28. The number of carbonyl (C=O) groups is 1. The number of carbonyl (C=O) groups excluding carboxylic acids is 1. The first-order chi connectivity index (χ1) is 12.9. The second kappa shape index (κ2) is 7.70. The Morgan fingerprint density at radius 2 is 2.00 bits per heavy atom. The molecule has 1 amide bonds. The van der Waals surface area contributed by atoms with Crippen molar-refractivity contribution in [2.24, 2.45) is 0 Å². The van der Waals surface area contributed by atoms with Crippen molar-refractivity contribution < 1.29 is 17.6 Å². The summed E-state index contributed by atoms with van der Waals surface area (Å²) in [4.78, 5) is 14.1. The Labute approximate surface area is 169 Å². The molecule has 1 aliphatic heterocycles. The number of hydrogen-bond acceptors (Lipinski definition) is 8. The van der Waals surface area contributed by atoms with E-state index >= 15 is 0 Å². The smallest absolute Gasteiger partial charge is 0.277 e. The minimum absolute atomic E-state index is 0.0672. The summed E-state index contributed by atoms with van der Waals surface area (Å²) in [6.07, 6.45) is 2.16. The van der Waals surface area contributed by atoms with Gasteiger partial charge in [0.1, 0.15) is 4.21 Å². The van der Waals surface area contributed by atoms with Gasteiger partial charge in [0.15, 0.2) is 0 Å². The van der Waals surface area contributed by atoms with Gasteiger partial charge in [-0.1, -0.05) is 23.4 Å². The van der Waals surface area contributed by atoms with E-state index in [9.17, 15) is 13.2 Å². The SMILES string of the molecule is O=C(CSc1nnc(C2CC2)o1)N1CCN(S(=O)(=O)c2ccc(Cl)s2)CC1. The Kier molecular flexibility index (Phi) is 5.48. The van der Waals surface area contributed by atoms with Crippen molar-refractivity contribution >= 4 is 50.6 Å². The first kappa shape index (κ1) is 19.2. The molecule has 1 saturated carbocycles. The highest BCUT2D eigenvalue weighted by molar-refractivity contribution is 7.99. The topological polar surface area (TPSA) is 96.6 Å². The second-order valence-corrected chi connectivity index (χ2v) is 11.1. The van der Waals surface area contributed by atoms with E-state index in [1.807, 2.05) is 0 Å². The summed E-state index contributed by atoms with van der Waals surface area (Å²) in [5.41, 5.74) is 0. The summed E-state index contributed by atoms with van der Waals surface area (Å²) in [5, 5.41) is 8.35. The molecule has 12 heteroatoms. The number of hydrogen-bond donors (Lipinski definition) is 0. The monoisotopic (exact) mass is 448 g/mol. The standard InChI is InChI=1S/C15H17ClN4O4S3/c16-11-3-4-13(26-11)27(22,23)20-7-5-19(6-8-20)12(21)9-25-15-18-17-14(24-15)10-1-2-10/h3-4,10H,1-2,5-9H2. The van der Waals surface area contributed by atoms with E-state index in [4.69, 9.17) is 16.0 Å². The highest BCUT2D eigenvalue weighted by atomic mass is 35.5. The molecule has 0 bridgehead atoms. The van der Waals surface area contributed by atoms with E-state index in [1.54, 1.807) is 11.0 Å². The lowest BCUT2D eigenvalue weighted by molar-refractivity contribution is -0.129. The van der Waals surface area contributed by atoms with Gasteiger partial charge in [-0.05, 0) is 25.0 Å². The van der Waals surface area contributed by atoms with Crippen molar-refractivity contribution in [2.45, 2.75) is 28.2 Å². The Hall–Kier alpha value is -1.14. The molecule has 2 aromatic rings. The molecule has 146 valence electrons. The molecular weight excluding hydrogens is 432 g/mol. The minimum atomic E-state index is -3.55. The second-order valence-electron chi connectivity index (χ2n) is 6.31. The van der Waals surface area contributed by atoms with Crippen molar-refractivity contribution in [2.75, 3.05) is 31.9 Å². The van der Waals surface area contributed by atoms with Gasteiger partial charge in [-0.15, -0.1) is 21.5 Å². The molecule has 2 aliphatic rings. The predicted octanol–water partition coefficient (Wildman–Crippen LogP) is 2.29.